The molecule has 0 saturated heterocycles. The first-order valence-corrected chi connectivity index (χ1v) is 12.9. The largest absolute Gasteiger partial charge is 0.311 e. The Morgan fingerprint density at radius 1 is 1.12 bits per heavy atom. The number of aryl methyl sites for hydroxylation is 1. The van der Waals surface area contributed by atoms with Gasteiger partial charge in [-0.15, -0.1) is 10.2 Å². The SMILES string of the molecule is CC(=O)N1c2ccc(S(=O)(=O)Nc3ccc(F)c(-c4nnc5n4CCCCC5)c3)cc2CC1C. The quantitative estimate of drug-likeness (QED) is 0.607. The summed E-state index contributed by atoms with van der Waals surface area (Å²) in [5.74, 6) is 0.666. The molecule has 2 aromatic carbocycles. The van der Waals surface area contributed by atoms with Crippen LogP contribution in [-0.4, -0.2) is 35.1 Å². The number of fused-ring (bicyclic) bond motifs is 2. The number of nitrogens with one attached hydrogen (secondary N) is 1. The predicted molar refractivity (Wildman–Crippen MR) is 127 cm³/mol. The maximum absolute atomic E-state index is 14.8. The number of nitrogens with zero attached hydrogens (tertiary/aromatic N) is 4. The lowest BCUT2D eigenvalue weighted by atomic mass is 10.1. The topological polar surface area (TPSA) is 97.2 Å². The van der Waals surface area contributed by atoms with E-state index in [4.69, 9.17) is 0 Å². The summed E-state index contributed by atoms with van der Waals surface area (Å²) in [5, 5.41) is 8.42. The molecular formula is C24H26FN5O3S. The number of sulfonamides is 1. The van der Waals surface area contributed by atoms with Crippen LogP contribution in [0.3, 0.4) is 0 Å². The van der Waals surface area contributed by atoms with Crippen molar-refractivity contribution in [2.45, 2.75) is 63.4 Å². The molecule has 2 aliphatic heterocycles. The van der Waals surface area contributed by atoms with Gasteiger partial charge in [0.2, 0.25) is 5.91 Å². The first kappa shape index (κ1) is 22.5. The van der Waals surface area contributed by atoms with Gasteiger partial charge < -0.3 is 9.47 Å². The zero-order chi connectivity index (χ0) is 24.0. The van der Waals surface area contributed by atoms with Crippen LogP contribution in [0, 0.1) is 5.82 Å². The molecule has 34 heavy (non-hydrogen) atoms. The fourth-order valence-electron chi connectivity index (χ4n) is 4.91. The highest BCUT2D eigenvalue weighted by Gasteiger charge is 2.30. The van der Waals surface area contributed by atoms with Gasteiger partial charge in [0.05, 0.1) is 10.5 Å². The number of amides is 1. The van der Waals surface area contributed by atoms with Crippen molar-refractivity contribution in [3.05, 3.63) is 53.6 Å². The molecule has 0 fully saturated rings. The molecule has 3 aromatic rings. The zero-order valence-corrected chi connectivity index (χ0v) is 19.9. The van der Waals surface area contributed by atoms with Gasteiger partial charge in [-0.25, -0.2) is 12.8 Å². The first-order chi connectivity index (χ1) is 16.2. The van der Waals surface area contributed by atoms with Gasteiger partial charge in [0.1, 0.15) is 11.6 Å². The van der Waals surface area contributed by atoms with E-state index in [0.29, 0.717) is 18.8 Å². The predicted octanol–water partition coefficient (Wildman–Crippen LogP) is 3.91. The number of anilines is 2. The molecule has 0 spiro atoms. The van der Waals surface area contributed by atoms with Crippen LogP contribution in [0.2, 0.25) is 0 Å². The molecule has 1 aromatic heterocycles. The van der Waals surface area contributed by atoms with E-state index < -0.39 is 15.8 Å². The van der Waals surface area contributed by atoms with Crippen molar-refractivity contribution < 1.29 is 17.6 Å². The number of carbonyl (C=O) groups is 1. The number of halogens is 1. The Morgan fingerprint density at radius 3 is 2.74 bits per heavy atom. The molecule has 178 valence electrons. The van der Waals surface area contributed by atoms with E-state index in [1.807, 2.05) is 11.5 Å². The fourth-order valence-corrected chi connectivity index (χ4v) is 6.01. The molecule has 0 aliphatic carbocycles. The van der Waals surface area contributed by atoms with Crippen LogP contribution in [-0.2, 0) is 34.2 Å². The van der Waals surface area contributed by atoms with Crippen LogP contribution in [0.25, 0.3) is 11.4 Å². The van der Waals surface area contributed by atoms with Gasteiger partial charge in [0, 0.05) is 37.3 Å². The third-order valence-electron chi connectivity index (χ3n) is 6.49. The molecule has 0 bridgehead atoms. The highest BCUT2D eigenvalue weighted by atomic mass is 32.2. The maximum atomic E-state index is 14.8. The van der Waals surface area contributed by atoms with Gasteiger partial charge in [0.25, 0.3) is 10.0 Å². The molecule has 1 N–H and O–H groups in total. The zero-order valence-electron chi connectivity index (χ0n) is 19.1. The van der Waals surface area contributed by atoms with Crippen LogP contribution in [0.5, 0.6) is 0 Å². The van der Waals surface area contributed by atoms with Crippen LogP contribution >= 0.6 is 0 Å². The van der Waals surface area contributed by atoms with Crippen molar-refractivity contribution in [2.75, 3.05) is 9.62 Å². The second-order valence-electron chi connectivity index (χ2n) is 8.93. The number of rotatable bonds is 4. The fraction of sp³-hybridized carbons (Fsp3) is 0.375. The Morgan fingerprint density at radius 2 is 1.94 bits per heavy atom. The van der Waals surface area contributed by atoms with E-state index >= 15 is 0 Å². The summed E-state index contributed by atoms with van der Waals surface area (Å²) in [7, 11) is -3.93. The number of aromatic nitrogens is 3. The van der Waals surface area contributed by atoms with E-state index in [0.717, 1.165) is 42.8 Å². The Kier molecular flexibility index (Phi) is 5.63. The Hall–Kier alpha value is -3.27. The van der Waals surface area contributed by atoms with Gasteiger partial charge in [-0.3, -0.25) is 9.52 Å². The molecule has 1 unspecified atom stereocenters. The molecule has 1 atom stereocenters. The van der Waals surface area contributed by atoms with E-state index in [1.54, 1.807) is 17.0 Å². The lowest BCUT2D eigenvalue weighted by Crippen LogP contribution is -2.33. The molecule has 3 heterocycles. The summed E-state index contributed by atoms with van der Waals surface area (Å²) in [6.07, 6.45) is 4.43. The minimum atomic E-state index is -3.93. The normalized spacial score (nSPS) is 17.7. The summed E-state index contributed by atoms with van der Waals surface area (Å²) in [6.45, 7) is 4.13. The summed E-state index contributed by atoms with van der Waals surface area (Å²) in [4.78, 5) is 13.7. The lowest BCUT2D eigenvalue weighted by Gasteiger charge is -2.20. The highest BCUT2D eigenvalue weighted by Crippen LogP contribution is 2.35. The number of benzene rings is 2. The maximum Gasteiger partial charge on any atom is 0.261 e. The molecule has 8 nitrogen and oxygen atoms in total. The summed E-state index contributed by atoms with van der Waals surface area (Å²) in [5.41, 5.74) is 1.98. The van der Waals surface area contributed by atoms with Gasteiger partial charge in [-0.1, -0.05) is 6.42 Å². The summed E-state index contributed by atoms with van der Waals surface area (Å²) < 4.78 is 45.5. The first-order valence-electron chi connectivity index (χ1n) is 11.4. The molecule has 2 aliphatic rings. The van der Waals surface area contributed by atoms with Gasteiger partial charge in [-0.05, 0) is 68.1 Å². The monoisotopic (exact) mass is 483 g/mol. The molecule has 10 heteroatoms. The smallest absolute Gasteiger partial charge is 0.261 e. The standard InChI is InChI=1S/C24H26FN5O3S/c1-15-12-17-13-19(8-10-22(17)30(15)16(2)31)34(32,33)28-18-7-9-21(25)20(14-18)24-27-26-23-6-4-3-5-11-29(23)24/h7-10,13-15,28H,3-6,11-12H2,1-2H3. The Balaban J connectivity index is 1.45. The van der Waals surface area contributed by atoms with E-state index in [9.17, 15) is 17.6 Å². The summed E-state index contributed by atoms with van der Waals surface area (Å²) >= 11 is 0. The van der Waals surface area contributed by atoms with Crippen molar-refractivity contribution in [2.24, 2.45) is 0 Å². The lowest BCUT2D eigenvalue weighted by molar-refractivity contribution is -0.116. The second-order valence-corrected chi connectivity index (χ2v) is 10.6. The van der Waals surface area contributed by atoms with Crippen molar-refractivity contribution >= 4 is 27.3 Å². The van der Waals surface area contributed by atoms with E-state index in [2.05, 4.69) is 14.9 Å². The number of carbonyl (C=O) groups excluding carboxylic acids is 1. The molecule has 1 amide bonds. The molecule has 0 radical (unpaired) electrons. The van der Waals surface area contributed by atoms with Crippen LogP contribution in [0.15, 0.2) is 41.3 Å². The van der Waals surface area contributed by atoms with Crippen LogP contribution < -0.4 is 9.62 Å². The summed E-state index contributed by atoms with van der Waals surface area (Å²) in [6, 6.07) is 8.80. The minimum Gasteiger partial charge on any atom is -0.311 e. The van der Waals surface area contributed by atoms with Crippen molar-refractivity contribution in [1.29, 1.82) is 0 Å². The van der Waals surface area contributed by atoms with E-state index in [-0.39, 0.29) is 28.1 Å². The highest BCUT2D eigenvalue weighted by molar-refractivity contribution is 7.92. The third-order valence-corrected chi connectivity index (χ3v) is 7.86. The van der Waals surface area contributed by atoms with Gasteiger partial charge in [-0.2, -0.15) is 0 Å². The Labute approximate surface area is 197 Å². The van der Waals surface area contributed by atoms with Crippen LogP contribution in [0.1, 0.15) is 44.5 Å². The average Bonchev–Trinajstić information content (AvgIpc) is 3.25. The Bertz CT molecular complexity index is 1390. The molecule has 5 rings (SSSR count). The van der Waals surface area contributed by atoms with Crippen molar-refractivity contribution in [3.8, 4) is 11.4 Å². The van der Waals surface area contributed by atoms with Gasteiger partial charge in [0.15, 0.2) is 5.82 Å². The minimum absolute atomic E-state index is 0.0312. The molecular weight excluding hydrogens is 457 g/mol. The average molecular weight is 484 g/mol. The van der Waals surface area contributed by atoms with Crippen molar-refractivity contribution in [1.82, 2.24) is 14.8 Å². The van der Waals surface area contributed by atoms with E-state index in [1.165, 1.54) is 31.2 Å². The number of hydrogen-bond acceptors (Lipinski definition) is 5. The van der Waals surface area contributed by atoms with Gasteiger partial charge >= 0.3 is 0 Å². The van der Waals surface area contributed by atoms with Crippen molar-refractivity contribution in [3.63, 3.8) is 0 Å². The number of hydrogen-bond donors (Lipinski definition) is 1. The second kappa shape index (κ2) is 8.50. The van der Waals surface area contributed by atoms with Crippen LogP contribution in [0.4, 0.5) is 15.8 Å². The molecule has 0 saturated carbocycles. The third kappa shape index (κ3) is 3.96.